The van der Waals surface area contributed by atoms with Gasteiger partial charge >= 0.3 is 5.97 Å². The number of aromatic amines is 1. The molecule has 1 amide bonds. The lowest BCUT2D eigenvalue weighted by Crippen LogP contribution is -2.65. The van der Waals surface area contributed by atoms with Gasteiger partial charge in [-0.05, 0) is 30.9 Å². The highest BCUT2D eigenvalue weighted by Crippen LogP contribution is 2.40. The van der Waals surface area contributed by atoms with Crippen LogP contribution in [0.1, 0.15) is 32.8 Å². The number of rotatable bonds is 10. The molecular weight excluding hydrogens is 509 g/mol. The number of ether oxygens (including phenoxy) is 2. The Kier molecular flexibility index (Phi) is 9.14. The molecule has 1 fully saturated rings. The summed E-state index contributed by atoms with van der Waals surface area (Å²) < 4.78 is 24.0. The van der Waals surface area contributed by atoms with Crippen LogP contribution in [0.2, 0.25) is 0 Å². The second-order valence-corrected chi connectivity index (χ2v) is 10.6. The lowest BCUT2D eigenvalue weighted by Gasteiger charge is -2.45. The summed E-state index contributed by atoms with van der Waals surface area (Å²) in [6.45, 7) is 4.90. The van der Waals surface area contributed by atoms with Crippen LogP contribution in [-0.2, 0) is 30.0 Å². The molecule has 8 N–H and O–H groups in total. The van der Waals surface area contributed by atoms with Gasteiger partial charge in [-0.1, -0.05) is 32.0 Å². The zero-order valence-electron chi connectivity index (χ0n) is 20.6. The maximum Gasteiger partial charge on any atom is 0.358 e. The van der Waals surface area contributed by atoms with Crippen molar-refractivity contribution in [3.05, 3.63) is 36.0 Å². The van der Waals surface area contributed by atoms with Crippen LogP contribution < -0.4 is 5.73 Å². The molecule has 1 aromatic carbocycles. The molecule has 0 bridgehead atoms. The van der Waals surface area contributed by atoms with Crippen LogP contribution in [0, 0.1) is 5.92 Å². The van der Waals surface area contributed by atoms with E-state index in [1.165, 1.54) is 13.1 Å². The van der Waals surface area contributed by atoms with Crippen molar-refractivity contribution in [2.75, 3.05) is 0 Å². The second kappa shape index (κ2) is 11.6. The van der Waals surface area contributed by atoms with Crippen molar-refractivity contribution in [3.63, 3.8) is 0 Å². The van der Waals surface area contributed by atoms with Crippen molar-refractivity contribution in [3.8, 4) is 0 Å². The Hall–Kier alpha value is -2.35. The molecular formula is C23H34N3O10P. The molecule has 0 aliphatic carbocycles. The Morgan fingerprint density at radius 1 is 1.22 bits per heavy atom. The molecule has 1 aliphatic heterocycles. The van der Waals surface area contributed by atoms with Gasteiger partial charge in [-0.3, -0.25) is 9.36 Å². The maximum absolute atomic E-state index is 13.4. The van der Waals surface area contributed by atoms with Crippen LogP contribution in [0.25, 0.3) is 10.9 Å². The topological polar surface area (TPSA) is 216 Å². The quantitative estimate of drug-likeness (QED) is 0.155. The summed E-state index contributed by atoms with van der Waals surface area (Å²) in [5.74, 6) is -3.09. The molecule has 2 aromatic rings. The molecule has 0 spiro atoms. The Morgan fingerprint density at radius 3 is 2.46 bits per heavy atom. The number of para-hydroxylation sites is 1. The van der Waals surface area contributed by atoms with Crippen molar-refractivity contribution >= 4 is 31.0 Å². The molecule has 8 atom stereocenters. The van der Waals surface area contributed by atoms with Crippen molar-refractivity contribution in [1.29, 1.82) is 0 Å². The van der Waals surface area contributed by atoms with Gasteiger partial charge < -0.3 is 45.5 Å². The number of nitrogens with two attached hydrogens (primary N) is 1. The smallest absolute Gasteiger partial charge is 0.358 e. The van der Waals surface area contributed by atoms with E-state index in [0.717, 1.165) is 0 Å². The molecule has 1 saturated heterocycles. The Labute approximate surface area is 213 Å². The molecule has 2 heterocycles. The lowest BCUT2D eigenvalue weighted by molar-refractivity contribution is -0.329. The standard InChI is InChI=1S/C23H34N3O10P/c1-11(2)8-15(24)20(30)26(37(33)34)23(22(31)32,9-13-10-25-16-7-5-4-6-14(13)16)36-21-19(29)18(28)17(27)12(3)35-21/h4-7,10-12,15,17-19,21,25,27-29,37H,8-9,24H2,1-3H3,(H,31,32)(H,33,34)/t12-,15+,17-,18+,19+,21?,23-/m1/s1. The van der Waals surface area contributed by atoms with Gasteiger partial charge in [0, 0.05) is 23.5 Å². The predicted octanol–water partition coefficient (Wildman–Crippen LogP) is -0.0806. The van der Waals surface area contributed by atoms with Gasteiger partial charge in [0.15, 0.2) is 6.29 Å². The number of benzene rings is 1. The maximum atomic E-state index is 13.4. The van der Waals surface area contributed by atoms with Crippen LogP contribution in [0.4, 0.5) is 0 Å². The van der Waals surface area contributed by atoms with Gasteiger partial charge in [-0.15, -0.1) is 0 Å². The molecule has 0 radical (unpaired) electrons. The van der Waals surface area contributed by atoms with Crippen molar-refractivity contribution in [1.82, 2.24) is 9.65 Å². The minimum absolute atomic E-state index is 0.0811. The van der Waals surface area contributed by atoms with Gasteiger partial charge in [0.25, 0.3) is 13.9 Å². The van der Waals surface area contributed by atoms with Gasteiger partial charge in [0.1, 0.15) is 18.3 Å². The van der Waals surface area contributed by atoms with E-state index in [1.54, 1.807) is 38.1 Å². The number of nitrogens with zero attached hydrogens (tertiary/aromatic N) is 1. The molecule has 206 valence electrons. The number of carbonyl (C=O) groups excluding carboxylic acids is 1. The largest absolute Gasteiger partial charge is 0.478 e. The fourth-order valence-corrected chi connectivity index (χ4v) is 5.33. The first-order chi connectivity index (χ1) is 17.3. The number of amides is 1. The average Bonchev–Trinajstić information content (AvgIpc) is 3.22. The number of aromatic nitrogens is 1. The first-order valence-corrected chi connectivity index (χ1v) is 13.1. The third-order valence-electron chi connectivity index (χ3n) is 6.37. The summed E-state index contributed by atoms with van der Waals surface area (Å²) in [4.78, 5) is 39.6. The first kappa shape index (κ1) is 29.2. The van der Waals surface area contributed by atoms with Crippen molar-refractivity contribution < 1.29 is 48.9 Å². The number of aliphatic hydroxyl groups excluding tert-OH is 3. The summed E-state index contributed by atoms with van der Waals surface area (Å²) in [7, 11) is -4.12. The van der Waals surface area contributed by atoms with E-state index in [-0.39, 0.29) is 17.0 Å². The molecule has 3 rings (SSSR count). The van der Waals surface area contributed by atoms with Crippen LogP contribution in [0.15, 0.2) is 30.5 Å². The summed E-state index contributed by atoms with van der Waals surface area (Å²) in [6, 6.07) is 5.52. The predicted molar refractivity (Wildman–Crippen MR) is 131 cm³/mol. The number of fused-ring (bicyclic) bond motifs is 1. The third kappa shape index (κ3) is 5.89. The summed E-state index contributed by atoms with van der Waals surface area (Å²) in [5, 5.41) is 41.8. The molecule has 13 nitrogen and oxygen atoms in total. The van der Waals surface area contributed by atoms with Crippen molar-refractivity contribution in [2.45, 2.75) is 76.1 Å². The summed E-state index contributed by atoms with van der Waals surface area (Å²) in [5.41, 5.74) is 4.06. The molecule has 1 aliphatic rings. The van der Waals surface area contributed by atoms with Crippen LogP contribution >= 0.6 is 8.18 Å². The fourth-order valence-electron chi connectivity index (χ4n) is 4.44. The third-order valence-corrected chi connectivity index (χ3v) is 7.34. The number of aliphatic carboxylic acids is 1. The number of carboxylic acids is 1. The van der Waals surface area contributed by atoms with Crippen molar-refractivity contribution in [2.24, 2.45) is 11.7 Å². The lowest BCUT2D eigenvalue weighted by atomic mass is 9.97. The Morgan fingerprint density at radius 2 is 1.86 bits per heavy atom. The highest BCUT2D eigenvalue weighted by molar-refractivity contribution is 7.36. The monoisotopic (exact) mass is 543 g/mol. The second-order valence-electron chi connectivity index (χ2n) is 9.62. The highest BCUT2D eigenvalue weighted by atomic mass is 31.1. The van der Waals surface area contributed by atoms with E-state index < -0.39 is 68.9 Å². The minimum atomic E-state index is -4.12. The SMILES string of the molecule is CC(C)C[C@H](N)C(=O)N([PH](=O)O)[C@](Cc1c[nH]c2ccccc12)(OC1O[C@H](C)[C@@H](O)[C@H](O)[C@@H]1O)C(=O)O. The summed E-state index contributed by atoms with van der Waals surface area (Å²) >= 11 is 0. The van der Waals surface area contributed by atoms with Gasteiger partial charge in [-0.2, -0.15) is 0 Å². The van der Waals surface area contributed by atoms with E-state index in [2.05, 4.69) is 4.98 Å². The van der Waals surface area contributed by atoms with Gasteiger partial charge in [0.05, 0.1) is 12.1 Å². The number of hydrogen-bond donors (Lipinski definition) is 7. The zero-order valence-corrected chi connectivity index (χ0v) is 21.6. The van der Waals surface area contributed by atoms with E-state index in [4.69, 9.17) is 15.2 Å². The Bertz CT molecular complexity index is 1140. The van der Waals surface area contributed by atoms with Crippen LogP contribution in [0.3, 0.4) is 0 Å². The number of carboxylic acid groups (broad SMARTS) is 1. The van der Waals surface area contributed by atoms with Gasteiger partial charge in [-0.25, -0.2) is 9.46 Å². The average molecular weight is 544 g/mol. The van der Waals surface area contributed by atoms with E-state index in [0.29, 0.717) is 16.5 Å². The zero-order chi connectivity index (χ0) is 27.7. The number of nitrogens with one attached hydrogen (secondary N) is 1. The van der Waals surface area contributed by atoms with Crippen LogP contribution in [-0.4, -0.2) is 89.3 Å². The number of carbonyl (C=O) groups is 2. The first-order valence-electron chi connectivity index (χ1n) is 11.8. The number of hydrogen-bond acceptors (Lipinski definition) is 9. The number of aliphatic hydroxyl groups is 3. The highest BCUT2D eigenvalue weighted by Gasteiger charge is 2.56. The van der Waals surface area contributed by atoms with Crippen LogP contribution in [0.5, 0.6) is 0 Å². The molecule has 14 heteroatoms. The van der Waals surface area contributed by atoms with E-state index in [1.807, 2.05) is 0 Å². The number of H-pyrrole nitrogens is 1. The van der Waals surface area contributed by atoms with E-state index >= 15 is 0 Å². The molecule has 37 heavy (non-hydrogen) atoms. The molecule has 1 aromatic heterocycles. The van der Waals surface area contributed by atoms with Gasteiger partial charge in [0.2, 0.25) is 5.91 Å². The fraction of sp³-hybridized carbons (Fsp3) is 0.565. The summed E-state index contributed by atoms with van der Waals surface area (Å²) in [6.07, 6.45) is -7.36. The minimum Gasteiger partial charge on any atom is -0.478 e. The van der Waals surface area contributed by atoms with E-state index in [9.17, 15) is 39.5 Å². The Balaban J connectivity index is 2.16. The molecule has 2 unspecified atom stereocenters. The molecule has 0 saturated carbocycles. The normalized spacial score (nSPS) is 27.5.